The average Bonchev–Trinajstić information content (AvgIpc) is 2.69. The summed E-state index contributed by atoms with van der Waals surface area (Å²) in [6.07, 6.45) is -6.13. The second-order valence-corrected chi connectivity index (χ2v) is 7.04. The molecule has 0 spiro atoms. The maximum Gasteiger partial charge on any atom is 0.390 e. The molecule has 0 bridgehead atoms. The van der Waals surface area contributed by atoms with Crippen molar-refractivity contribution in [2.24, 2.45) is 5.92 Å². The number of carbonyl (C=O) groups is 2. The largest absolute Gasteiger partial charge is 0.478 e. The van der Waals surface area contributed by atoms with Crippen LogP contribution in [0.5, 0.6) is 0 Å². The third-order valence-electron chi connectivity index (χ3n) is 4.70. The number of carboxylic acid groups (broad SMARTS) is 1. The molecule has 0 saturated carbocycles. The number of nitro groups is 1. The Balaban J connectivity index is 2.46. The van der Waals surface area contributed by atoms with Gasteiger partial charge < -0.3 is 15.2 Å². The Bertz CT molecular complexity index is 1060. The lowest BCUT2D eigenvalue weighted by Crippen LogP contribution is -2.32. The van der Waals surface area contributed by atoms with Gasteiger partial charge in [0.25, 0.3) is 5.69 Å². The molecule has 0 fully saturated rings. The highest BCUT2D eigenvalue weighted by atomic mass is 19.4. The van der Waals surface area contributed by atoms with Gasteiger partial charge in [0.05, 0.1) is 40.4 Å². The summed E-state index contributed by atoms with van der Waals surface area (Å²) in [6, 6.07) is 6.42. The summed E-state index contributed by atoms with van der Waals surface area (Å²) in [4.78, 5) is 35.2. The lowest BCUT2D eigenvalue weighted by Gasteiger charge is -2.29. The number of carbonyl (C=O) groups excluding carboxylic acids is 1. The molecule has 32 heavy (non-hydrogen) atoms. The van der Waals surface area contributed by atoms with E-state index < -0.39 is 47.9 Å². The first-order valence-electron chi connectivity index (χ1n) is 9.15. The summed E-state index contributed by atoms with van der Waals surface area (Å²) in [5.74, 6) is -5.48. The fourth-order valence-corrected chi connectivity index (χ4v) is 3.37. The van der Waals surface area contributed by atoms with Crippen LogP contribution < -0.4 is 5.32 Å². The van der Waals surface area contributed by atoms with Crippen molar-refractivity contribution in [1.82, 2.24) is 5.32 Å². The minimum Gasteiger partial charge on any atom is -0.478 e. The third-order valence-corrected chi connectivity index (χ3v) is 4.70. The molecule has 2 N–H and O–H groups in total. The van der Waals surface area contributed by atoms with Gasteiger partial charge in [-0.15, -0.1) is 0 Å². The van der Waals surface area contributed by atoms with Crippen LogP contribution in [-0.2, 0) is 14.3 Å². The van der Waals surface area contributed by atoms with Gasteiger partial charge in [-0.2, -0.15) is 18.4 Å². The summed E-state index contributed by atoms with van der Waals surface area (Å²) in [6.45, 7) is 2.01. The first-order valence-corrected chi connectivity index (χ1v) is 9.15. The molecule has 9 nitrogen and oxygen atoms in total. The number of halogens is 3. The summed E-state index contributed by atoms with van der Waals surface area (Å²) >= 11 is 0. The number of allylic oxidation sites excluding steroid dienone is 2. The molecule has 1 aliphatic heterocycles. The van der Waals surface area contributed by atoms with E-state index in [1.807, 2.05) is 0 Å². The number of alkyl halides is 3. The van der Waals surface area contributed by atoms with E-state index in [0.717, 1.165) is 6.07 Å². The molecule has 0 amide bonds. The molecule has 1 aromatic carbocycles. The first kappa shape index (κ1) is 24.4. The molecule has 1 aromatic rings. The molecule has 1 heterocycles. The molecule has 1 aliphatic rings. The number of dihydropyridines is 1. The van der Waals surface area contributed by atoms with Crippen molar-refractivity contribution in [1.29, 1.82) is 5.26 Å². The summed E-state index contributed by atoms with van der Waals surface area (Å²) < 4.78 is 42.6. The van der Waals surface area contributed by atoms with Gasteiger partial charge in [0, 0.05) is 23.5 Å². The van der Waals surface area contributed by atoms with E-state index in [2.05, 4.69) is 5.32 Å². The highest BCUT2D eigenvalue weighted by Gasteiger charge is 2.38. The summed E-state index contributed by atoms with van der Waals surface area (Å²) in [5.41, 5.74) is -0.417. The van der Waals surface area contributed by atoms with Crippen molar-refractivity contribution < 1.29 is 37.5 Å². The Kier molecular flexibility index (Phi) is 7.24. The zero-order valence-corrected chi connectivity index (χ0v) is 16.9. The molecular weight excluding hydrogens is 435 g/mol. The number of ether oxygens (including phenoxy) is 1. The van der Waals surface area contributed by atoms with E-state index in [9.17, 15) is 38.0 Å². The standard InChI is InChI=1S/C20H18F3N3O6/c1-10-15(18(27)28)17(13-4-3-5-14(6-13)26(30)31)16(11(2)25-10)19(29)32-9-12(8-24)7-20(21,22)23/h3-6,12,17,25H,7,9H2,1-2H3,(H,27,28). The van der Waals surface area contributed by atoms with Crippen molar-refractivity contribution in [2.45, 2.75) is 32.4 Å². The van der Waals surface area contributed by atoms with Crippen LogP contribution in [0.4, 0.5) is 18.9 Å². The van der Waals surface area contributed by atoms with Gasteiger partial charge in [-0.1, -0.05) is 12.1 Å². The predicted molar refractivity (Wildman–Crippen MR) is 103 cm³/mol. The van der Waals surface area contributed by atoms with E-state index in [0.29, 0.717) is 0 Å². The lowest BCUT2D eigenvalue weighted by atomic mass is 9.80. The Hall–Kier alpha value is -3.88. The van der Waals surface area contributed by atoms with Gasteiger partial charge in [0.15, 0.2) is 0 Å². The first-order chi connectivity index (χ1) is 14.9. The lowest BCUT2D eigenvalue weighted by molar-refractivity contribution is -0.384. The van der Waals surface area contributed by atoms with E-state index in [1.54, 1.807) is 0 Å². The van der Waals surface area contributed by atoms with E-state index in [1.165, 1.54) is 38.1 Å². The van der Waals surface area contributed by atoms with Gasteiger partial charge in [-0.25, -0.2) is 9.59 Å². The minimum absolute atomic E-state index is 0.107. The summed E-state index contributed by atoms with van der Waals surface area (Å²) in [7, 11) is 0. The minimum atomic E-state index is -4.64. The number of nitriles is 1. The Morgan fingerprint density at radius 2 is 1.94 bits per heavy atom. The Morgan fingerprint density at radius 3 is 2.47 bits per heavy atom. The third kappa shape index (κ3) is 5.63. The van der Waals surface area contributed by atoms with Crippen LogP contribution in [0, 0.1) is 27.4 Å². The van der Waals surface area contributed by atoms with Crippen LogP contribution in [0.3, 0.4) is 0 Å². The number of hydrogen-bond acceptors (Lipinski definition) is 7. The van der Waals surface area contributed by atoms with Crippen molar-refractivity contribution >= 4 is 17.6 Å². The van der Waals surface area contributed by atoms with Crippen molar-refractivity contribution in [3.8, 4) is 6.07 Å². The molecule has 0 radical (unpaired) electrons. The highest BCUT2D eigenvalue weighted by Crippen LogP contribution is 2.39. The molecule has 0 aromatic heterocycles. The number of nitrogens with zero attached hydrogens (tertiary/aromatic N) is 2. The number of nitro benzene ring substituents is 1. The Morgan fingerprint density at radius 1 is 1.31 bits per heavy atom. The quantitative estimate of drug-likeness (QED) is 0.363. The van der Waals surface area contributed by atoms with Crippen molar-refractivity contribution in [3.05, 3.63) is 62.5 Å². The van der Waals surface area contributed by atoms with Crippen LogP contribution in [0.25, 0.3) is 0 Å². The van der Waals surface area contributed by atoms with Gasteiger partial charge in [-0.05, 0) is 19.4 Å². The normalized spacial score (nSPS) is 17.3. The number of esters is 1. The Labute approximate surface area is 179 Å². The number of hydrogen-bond donors (Lipinski definition) is 2. The van der Waals surface area contributed by atoms with E-state index >= 15 is 0 Å². The zero-order valence-electron chi connectivity index (χ0n) is 16.9. The number of aliphatic carboxylic acids is 1. The number of nitrogens with one attached hydrogen (secondary N) is 1. The van der Waals surface area contributed by atoms with Gasteiger partial charge >= 0.3 is 18.1 Å². The predicted octanol–water partition coefficient (Wildman–Crippen LogP) is 3.55. The molecule has 2 unspecified atom stereocenters. The maximum atomic E-state index is 12.8. The SMILES string of the molecule is CC1=C(C(=O)O)C(c2cccc([N+](=O)[O-])c2)C(C(=O)OCC(C#N)CC(F)(F)F)=C(C)N1. The average molecular weight is 453 g/mol. The van der Waals surface area contributed by atoms with Crippen molar-refractivity contribution in [2.75, 3.05) is 6.61 Å². The monoisotopic (exact) mass is 453 g/mol. The fourth-order valence-electron chi connectivity index (χ4n) is 3.37. The second kappa shape index (κ2) is 9.51. The number of benzene rings is 1. The van der Waals surface area contributed by atoms with E-state index in [4.69, 9.17) is 10.00 Å². The van der Waals surface area contributed by atoms with Gasteiger partial charge in [0.2, 0.25) is 0 Å². The van der Waals surface area contributed by atoms with Crippen LogP contribution >= 0.6 is 0 Å². The molecule has 2 rings (SSSR count). The van der Waals surface area contributed by atoms with Crippen LogP contribution in [0.2, 0.25) is 0 Å². The van der Waals surface area contributed by atoms with Crippen LogP contribution in [-0.4, -0.2) is 34.8 Å². The molecule has 2 atom stereocenters. The number of non-ortho nitro benzene ring substituents is 1. The number of rotatable bonds is 7. The highest BCUT2D eigenvalue weighted by molar-refractivity contribution is 5.99. The van der Waals surface area contributed by atoms with Crippen molar-refractivity contribution in [3.63, 3.8) is 0 Å². The molecule has 12 heteroatoms. The smallest absolute Gasteiger partial charge is 0.390 e. The van der Waals surface area contributed by atoms with Gasteiger partial charge in [-0.3, -0.25) is 10.1 Å². The zero-order chi connectivity index (χ0) is 24.2. The fraction of sp³-hybridized carbons (Fsp3) is 0.350. The van der Waals surface area contributed by atoms with Gasteiger partial charge in [0.1, 0.15) is 6.61 Å². The summed E-state index contributed by atoms with van der Waals surface area (Å²) in [5, 5.41) is 32.5. The molecule has 0 saturated heterocycles. The topological polar surface area (TPSA) is 143 Å². The maximum absolute atomic E-state index is 12.8. The van der Waals surface area contributed by atoms with E-state index in [-0.39, 0.29) is 33.8 Å². The molecular formula is C20H18F3N3O6. The second-order valence-electron chi connectivity index (χ2n) is 7.04. The molecule has 0 aliphatic carbocycles. The van der Waals surface area contributed by atoms with Crippen LogP contribution in [0.15, 0.2) is 46.8 Å². The number of carboxylic acids is 1. The molecule has 170 valence electrons. The van der Waals surface area contributed by atoms with Crippen LogP contribution in [0.1, 0.15) is 31.7 Å².